The van der Waals surface area contributed by atoms with E-state index < -0.39 is 6.09 Å². The third kappa shape index (κ3) is 4.12. The largest absolute Gasteiger partial charge is 0.465 e. The predicted molar refractivity (Wildman–Crippen MR) is 121 cm³/mol. The molecule has 2 heterocycles. The van der Waals surface area contributed by atoms with Crippen molar-refractivity contribution in [3.63, 3.8) is 0 Å². The van der Waals surface area contributed by atoms with E-state index in [0.29, 0.717) is 18.1 Å². The van der Waals surface area contributed by atoms with E-state index >= 15 is 0 Å². The third-order valence-electron chi connectivity index (χ3n) is 7.61. The van der Waals surface area contributed by atoms with E-state index in [2.05, 4.69) is 9.80 Å². The molecule has 7 heteroatoms. The minimum Gasteiger partial charge on any atom is -0.465 e. The van der Waals surface area contributed by atoms with Crippen molar-refractivity contribution in [2.45, 2.75) is 70.9 Å². The monoisotopic (exact) mass is 429 g/mol. The first-order chi connectivity index (χ1) is 14.8. The first-order valence-electron chi connectivity index (χ1n) is 11.7. The van der Waals surface area contributed by atoms with Crippen LogP contribution in [0.25, 0.3) is 0 Å². The van der Waals surface area contributed by atoms with Gasteiger partial charge in [-0.1, -0.05) is 0 Å². The van der Waals surface area contributed by atoms with Gasteiger partial charge in [-0.15, -0.1) is 0 Å². The minimum absolute atomic E-state index is 0.205. The van der Waals surface area contributed by atoms with E-state index in [4.69, 9.17) is 0 Å². The zero-order valence-corrected chi connectivity index (χ0v) is 18.7. The Bertz CT molecular complexity index is 836. The molecule has 170 valence electrons. The first-order valence-corrected chi connectivity index (χ1v) is 11.7. The number of rotatable bonds is 4. The number of carbonyl (C=O) groups excluding carboxylic acids is 1. The fourth-order valence-electron chi connectivity index (χ4n) is 5.87. The van der Waals surface area contributed by atoms with Gasteiger partial charge in [-0.05, 0) is 82.6 Å². The van der Waals surface area contributed by atoms with Crippen molar-refractivity contribution < 1.29 is 19.8 Å². The van der Waals surface area contributed by atoms with Crippen LogP contribution in [-0.2, 0) is 4.79 Å². The number of anilines is 2. The molecular formula is C24H35N3O4. The number of carboxylic acid groups (broad SMARTS) is 1. The van der Waals surface area contributed by atoms with Gasteiger partial charge in [0.15, 0.2) is 0 Å². The molecule has 2 N–H and O–H groups in total. The summed E-state index contributed by atoms with van der Waals surface area (Å²) in [6.45, 7) is 6.73. The molecule has 2 amide bonds. The van der Waals surface area contributed by atoms with Crippen molar-refractivity contribution in [2.24, 2.45) is 5.41 Å². The van der Waals surface area contributed by atoms with E-state index in [1.54, 1.807) is 0 Å². The molecule has 7 nitrogen and oxygen atoms in total. The number of benzene rings is 1. The zero-order valence-electron chi connectivity index (χ0n) is 18.7. The Morgan fingerprint density at radius 2 is 1.94 bits per heavy atom. The average molecular weight is 430 g/mol. The second kappa shape index (κ2) is 8.69. The summed E-state index contributed by atoms with van der Waals surface area (Å²) >= 11 is 0. The van der Waals surface area contributed by atoms with Crippen LogP contribution in [0.5, 0.6) is 0 Å². The summed E-state index contributed by atoms with van der Waals surface area (Å²) in [7, 11) is 0. The molecule has 1 aliphatic carbocycles. The highest BCUT2D eigenvalue weighted by Gasteiger charge is 2.50. The maximum absolute atomic E-state index is 13.5. The standard InChI is InChI=1S/C24H35N3O4/c1-3-26(23(30)31)19-7-10-21(17(2)15-19)25-13-4-11-24(16-25)12-14-27(22(24)29)18-5-8-20(28)9-6-18/h7,10,15,18,20,28H,3-6,8-9,11-14,16H2,1-2H3,(H,30,31). The molecule has 1 atom stereocenters. The van der Waals surface area contributed by atoms with Crippen molar-refractivity contribution in [3.8, 4) is 0 Å². The smallest absolute Gasteiger partial charge is 0.411 e. The lowest BCUT2D eigenvalue weighted by molar-refractivity contribution is -0.139. The van der Waals surface area contributed by atoms with Crippen LogP contribution in [-0.4, -0.2) is 65.4 Å². The number of hydrogen-bond donors (Lipinski definition) is 2. The van der Waals surface area contributed by atoms with Gasteiger partial charge in [0, 0.05) is 43.6 Å². The molecule has 0 bridgehead atoms. The molecule has 3 fully saturated rings. The molecule has 0 radical (unpaired) electrons. The summed E-state index contributed by atoms with van der Waals surface area (Å²) in [5.41, 5.74) is 2.51. The lowest BCUT2D eigenvalue weighted by atomic mass is 9.78. The molecule has 4 rings (SSSR count). The van der Waals surface area contributed by atoms with E-state index in [0.717, 1.165) is 75.8 Å². The summed E-state index contributed by atoms with van der Waals surface area (Å²) in [5.74, 6) is 0.302. The zero-order chi connectivity index (χ0) is 22.2. The van der Waals surface area contributed by atoms with E-state index in [9.17, 15) is 19.8 Å². The van der Waals surface area contributed by atoms with Gasteiger partial charge in [0.25, 0.3) is 0 Å². The fraction of sp³-hybridized carbons (Fsp3) is 0.667. The van der Waals surface area contributed by atoms with Crippen LogP contribution >= 0.6 is 0 Å². The number of carbonyl (C=O) groups is 2. The quantitative estimate of drug-likeness (QED) is 0.764. The lowest BCUT2D eigenvalue weighted by Gasteiger charge is -2.42. The van der Waals surface area contributed by atoms with Crippen molar-refractivity contribution in [3.05, 3.63) is 23.8 Å². The second-order valence-electron chi connectivity index (χ2n) is 9.51. The van der Waals surface area contributed by atoms with Crippen LogP contribution < -0.4 is 9.80 Å². The predicted octanol–water partition coefficient (Wildman–Crippen LogP) is 3.62. The highest BCUT2D eigenvalue weighted by Crippen LogP contribution is 2.44. The molecule has 1 unspecified atom stereocenters. The van der Waals surface area contributed by atoms with Gasteiger partial charge in [0.1, 0.15) is 0 Å². The fourth-order valence-corrected chi connectivity index (χ4v) is 5.87. The van der Waals surface area contributed by atoms with E-state index in [1.807, 2.05) is 32.0 Å². The van der Waals surface area contributed by atoms with Gasteiger partial charge in [0.2, 0.25) is 5.91 Å². The van der Waals surface area contributed by atoms with Crippen molar-refractivity contribution in [2.75, 3.05) is 36.0 Å². The lowest BCUT2D eigenvalue weighted by Crippen LogP contribution is -2.50. The van der Waals surface area contributed by atoms with Gasteiger partial charge in [-0.3, -0.25) is 9.69 Å². The Hall–Kier alpha value is -2.28. The Morgan fingerprint density at radius 3 is 2.58 bits per heavy atom. The number of aliphatic hydroxyl groups is 1. The number of amides is 2. The molecule has 31 heavy (non-hydrogen) atoms. The third-order valence-corrected chi connectivity index (χ3v) is 7.61. The SMILES string of the molecule is CCN(C(=O)O)c1ccc(N2CCCC3(CCN(C4CCC(O)CC4)C3=O)C2)c(C)c1. The van der Waals surface area contributed by atoms with Crippen LogP contribution in [0.2, 0.25) is 0 Å². The van der Waals surface area contributed by atoms with Crippen molar-refractivity contribution in [1.29, 1.82) is 0 Å². The number of nitrogens with zero attached hydrogens (tertiary/aromatic N) is 3. The van der Waals surface area contributed by atoms with Gasteiger partial charge in [0.05, 0.1) is 11.5 Å². The molecule has 0 aromatic heterocycles. The van der Waals surface area contributed by atoms with Crippen LogP contribution in [0.15, 0.2) is 18.2 Å². The molecule has 1 aromatic carbocycles. The van der Waals surface area contributed by atoms with Crippen LogP contribution in [0.3, 0.4) is 0 Å². The Balaban J connectivity index is 1.50. The average Bonchev–Trinajstić information content (AvgIpc) is 3.04. The molecular weight excluding hydrogens is 394 g/mol. The number of aryl methyl sites for hydroxylation is 1. The maximum atomic E-state index is 13.5. The first kappa shape index (κ1) is 21.9. The van der Waals surface area contributed by atoms with E-state index in [-0.39, 0.29) is 17.6 Å². The van der Waals surface area contributed by atoms with Gasteiger partial charge in [-0.2, -0.15) is 0 Å². The maximum Gasteiger partial charge on any atom is 0.411 e. The van der Waals surface area contributed by atoms with Gasteiger partial charge >= 0.3 is 6.09 Å². The molecule has 1 saturated carbocycles. The molecule has 3 aliphatic rings. The second-order valence-corrected chi connectivity index (χ2v) is 9.51. The summed E-state index contributed by atoms with van der Waals surface area (Å²) in [5, 5.41) is 19.2. The molecule has 2 saturated heterocycles. The van der Waals surface area contributed by atoms with Crippen molar-refractivity contribution >= 4 is 23.4 Å². The number of hydrogen-bond acceptors (Lipinski definition) is 4. The highest BCUT2D eigenvalue weighted by atomic mass is 16.4. The number of aliphatic hydroxyl groups excluding tert-OH is 1. The molecule has 2 aliphatic heterocycles. The highest BCUT2D eigenvalue weighted by molar-refractivity contribution is 5.87. The summed E-state index contributed by atoms with van der Waals surface area (Å²) in [4.78, 5) is 30.8. The van der Waals surface area contributed by atoms with Crippen LogP contribution in [0.4, 0.5) is 16.2 Å². The Kier molecular flexibility index (Phi) is 6.15. The molecule has 1 spiro atoms. The Morgan fingerprint density at radius 1 is 1.19 bits per heavy atom. The van der Waals surface area contributed by atoms with Crippen molar-refractivity contribution in [1.82, 2.24) is 4.90 Å². The van der Waals surface area contributed by atoms with Gasteiger partial charge < -0.3 is 20.0 Å². The number of likely N-dealkylation sites (tertiary alicyclic amines) is 1. The number of piperidine rings is 1. The summed E-state index contributed by atoms with van der Waals surface area (Å²) in [6.07, 6.45) is 5.08. The van der Waals surface area contributed by atoms with E-state index in [1.165, 1.54) is 4.90 Å². The topological polar surface area (TPSA) is 84.3 Å². The van der Waals surface area contributed by atoms with Crippen LogP contribution in [0.1, 0.15) is 57.4 Å². The van der Waals surface area contributed by atoms with Gasteiger partial charge in [-0.25, -0.2) is 4.79 Å². The molecule has 1 aromatic rings. The summed E-state index contributed by atoms with van der Waals surface area (Å²) in [6, 6.07) is 6.10. The summed E-state index contributed by atoms with van der Waals surface area (Å²) < 4.78 is 0. The van der Waals surface area contributed by atoms with Crippen LogP contribution in [0, 0.1) is 12.3 Å². The Labute approximate surface area is 184 Å². The minimum atomic E-state index is -0.946. The normalized spacial score (nSPS) is 28.9.